The Kier molecular flexibility index (Phi) is 7.57. The van der Waals surface area contributed by atoms with Crippen molar-refractivity contribution >= 4 is 18.1 Å². The zero-order valence-corrected chi connectivity index (χ0v) is 20.0. The molecule has 0 spiro atoms. The molecule has 8 heteroatoms. The van der Waals surface area contributed by atoms with Crippen molar-refractivity contribution in [2.45, 2.75) is 38.8 Å². The van der Waals surface area contributed by atoms with Crippen molar-refractivity contribution in [2.75, 3.05) is 26.7 Å². The summed E-state index contributed by atoms with van der Waals surface area (Å²) >= 11 is 5.42. The van der Waals surface area contributed by atoms with E-state index in [9.17, 15) is 4.79 Å². The first-order valence-corrected chi connectivity index (χ1v) is 11.8. The molecule has 1 amide bonds. The average molecular weight is 466 g/mol. The van der Waals surface area contributed by atoms with Crippen molar-refractivity contribution in [3.8, 4) is 17.1 Å². The zero-order valence-electron chi connectivity index (χ0n) is 19.2. The number of hydrogen-bond donors (Lipinski definition) is 2. The molecule has 0 saturated carbocycles. The third-order valence-electron chi connectivity index (χ3n) is 6.17. The summed E-state index contributed by atoms with van der Waals surface area (Å²) in [5.41, 5.74) is 3.32. The highest BCUT2D eigenvalue weighted by Gasteiger charge is 2.24. The van der Waals surface area contributed by atoms with Gasteiger partial charge in [0.2, 0.25) is 5.91 Å². The van der Waals surface area contributed by atoms with Gasteiger partial charge < -0.3 is 10.1 Å². The highest BCUT2D eigenvalue weighted by atomic mass is 32.1. The third kappa shape index (κ3) is 5.69. The van der Waals surface area contributed by atoms with Crippen LogP contribution in [0.15, 0.2) is 48.5 Å². The quantitative estimate of drug-likeness (QED) is 0.462. The van der Waals surface area contributed by atoms with Crippen LogP contribution in [0.25, 0.3) is 11.4 Å². The Bertz CT molecular complexity index is 1130. The predicted octanol–water partition coefficient (Wildman–Crippen LogP) is 4.27. The van der Waals surface area contributed by atoms with Crippen molar-refractivity contribution in [3.05, 3.63) is 64.4 Å². The monoisotopic (exact) mass is 465 g/mol. The minimum atomic E-state index is 0.00556. The van der Waals surface area contributed by atoms with Crippen molar-refractivity contribution in [2.24, 2.45) is 0 Å². The maximum absolute atomic E-state index is 12.8. The minimum Gasteiger partial charge on any atom is -0.497 e. The van der Waals surface area contributed by atoms with E-state index in [4.69, 9.17) is 17.0 Å². The fourth-order valence-corrected chi connectivity index (χ4v) is 4.60. The predicted molar refractivity (Wildman–Crippen MR) is 132 cm³/mol. The number of nitrogens with zero attached hydrogens (tertiary/aromatic N) is 3. The number of carbonyl (C=O) groups excluding carboxylic acids is 1. The van der Waals surface area contributed by atoms with Gasteiger partial charge in [0.05, 0.1) is 13.2 Å². The molecule has 2 aromatic carbocycles. The minimum absolute atomic E-state index is 0.00556. The normalized spacial score (nSPS) is 14.8. The molecule has 3 aromatic rings. The number of aromatic nitrogens is 3. The zero-order chi connectivity index (χ0) is 23.2. The van der Waals surface area contributed by atoms with Crippen LogP contribution in [0.3, 0.4) is 0 Å². The number of nitrogens with one attached hydrogen (secondary N) is 2. The Labute approximate surface area is 199 Å². The molecule has 1 aromatic heterocycles. The van der Waals surface area contributed by atoms with Gasteiger partial charge in [-0.2, -0.15) is 5.10 Å². The SMILES string of the molecule is COc1ccc(C(CNC(=O)CCn2c(-c3cccc(C)c3)n[nH]c2=S)N2CCCC2)cc1. The number of hydrogen-bond acceptors (Lipinski definition) is 5. The van der Waals surface area contributed by atoms with Crippen LogP contribution in [0.1, 0.15) is 36.4 Å². The molecular formula is C25H31N5O2S. The van der Waals surface area contributed by atoms with Gasteiger partial charge in [-0.3, -0.25) is 19.4 Å². The van der Waals surface area contributed by atoms with Gasteiger partial charge in [-0.25, -0.2) is 0 Å². The summed E-state index contributed by atoms with van der Waals surface area (Å²) in [5, 5.41) is 10.4. The van der Waals surface area contributed by atoms with Crippen LogP contribution in [0.5, 0.6) is 5.75 Å². The van der Waals surface area contributed by atoms with Gasteiger partial charge in [0.1, 0.15) is 5.75 Å². The lowest BCUT2D eigenvalue weighted by Gasteiger charge is -2.28. The highest BCUT2D eigenvalue weighted by Crippen LogP contribution is 2.26. The Morgan fingerprint density at radius 2 is 1.97 bits per heavy atom. The molecule has 2 heterocycles. The smallest absolute Gasteiger partial charge is 0.221 e. The second-order valence-electron chi connectivity index (χ2n) is 8.46. The number of aryl methyl sites for hydroxylation is 1. The van der Waals surface area contributed by atoms with Crippen LogP contribution >= 0.6 is 12.2 Å². The number of rotatable bonds is 9. The third-order valence-corrected chi connectivity index (χ3v) is 6.48. The average Bonchev–Trinajstić information content (AvgIpc) is 3.48. The lowest BCUT2D eigenvalue weighted by atomic mass is 10.1. The molecule has 1 unspecified atom stereocenters. The van der Waals surface area contributed by atoms with Gasteiger partial charge in [-0.1, -0.05) is 35.9 Å². The molecule has 0 radical (unpaired) electrons. The molecule has 0 aliphatic carbocycles. The Hall–Kier alpha value is -2.97. The largest absolute Gasteiger partial charge is 0.497 e. The Morgan fingerprint density at radius 1 is 1.21 bits per heavy atom. The van der Waals surface area contributed by atoms with Crippen molar-refractivity contribution in [1.82, 2.24) is 25.0 Å². The number of aromatic amines is 1. The maximum atomic E-state index is 12.8. The van der Waals surface area contributed by atoms with Crippen LogP contribution in [-0.2, 0) is 11.3 Å². The van der Waals surface area contributed by atoms with Crippen LogP contribution in [-0.4, -0.2) is 52.3 Å². The molecule has 0 bridgehead atoms. The maximum Gasteiger partial charge on any atom is 0.221 e. The molecule has 1 aliphatic heterocycles. The van der Waals surface area contributed by atoms with Gasteiger partial charge >= 0.3 is 0 Å². The first-order valence-electron chi connectivity index (χ1n) is 11.4. The molecule has 7 nitrogen and oxygen atoms in total. The summed E-state index contributed by atoms with van der Waals surface area (Å²) in [7, 11) is 1.67. The highest BCUT2D eigenvalue weighted by molar-refractivity contribution is 7.71. The van der Waals surface area contributed by atoms with E-state index in [2.05, 4.69) is 38.6 Å². The first kappa shape index (κ1) is 23.2. The van der Waals surface area contributed by atoms with Crippen molar-refractivity contribution in [3.63, 3.8) is 0 Å². The van der Waals surface area contributed by atoms with E-state index < -0.39 is 0 Å². The second-order valence-corrected chi connectivity index (χ2v) is 8.85. The van der Waals surface area contributed by atoms with Crippen LogP contribution in [0.2, 0.25) is 0 Å². The summed E-state index contributed by atoms with van der Waals surface area (Å²) in [6.45, 7) is 5.20. The van der Waals surface area contributed by atoms with E-state index in [1.165, 1.54) is 18.4 Å². The molecule has 1 fully saturated rings. The lowest BCUT2D eigenvalue weighted by Crippen LogP contribution is -2.37. The summed E-state index contributed by atoms with van der Waals surface area (Å²) in [6, 6.07) is 16.4. The first-order chi connectivity index (χ1) is 16.0. The Morgan fingerprint density at radius 3 is 2.67 bits per heavy atom. The lowest BCUT2D eigenvalue weighted by molar-refractivity contribution is -0.121. The number of ether oxygens (including phenoxy) is 1. The number of benzene rings is 2. The van der Waals surface area contributed by atoms with Gasteiger partial charge in [-0.15, -0.1) is 0 Å². The van der Waals surface area contributed by atoms with Gasteiger partial charge in [0.25, 0.3) is 0 Å². The molecule has 1 saturated heterocycles. The number of methoxy groups -OCH3 is 1. The van der Waals surface area contributed by atoms with Crippen LogP contribution in [0.4, 0.5) is 0 Å². The number of H-pyrrole nitrogens is 1. The van der Waals surface area contributed by atoms with Gasteiger partial charge in [-0.05, 0) is 68.8 Å². The summed E-state index contributed by atoms with van der Waals surface area (Å²) < 4.78 is 7.71. The second kappa shape index (κ2) is 10.8. The number of carbonyl (C=O) groups is 1. The molecule has 2 N–H and O–H groups in total. The van der Waals surface area contributed by atoms with E-state index in [1.807, 2.05) is 41.8 Å². The van der Waals surface area contributed by atoms with Gasteiger partial charge in [0.15, 0.2) is 10.6 Å². The van der Waals surface area contributed by atoms with Gasteiger partial charge in [0, 0.05) is 25.1 Å². The number of amides is 1. The topological polar surface area (TPSA) is 75.2 Å². The van der Waals surface area contributed by atoms with Crippen LogP contribution < -0.4 is 10.1 Å². The van der Waals surface area contributed by atoms with Crippen molar-refractivity contribution in [1.29, 1.82) is 0 Å². The van der Waals surface area contributed by atoms with E-state index in [1.54, 1.807) is 7.11 Å². The van der Waals surface area contributed by atoms with E-state index in [-0.39, 0.29) is 11.9 Å². The van der Waals surface area contributed by atoms with E-state index >= 15 is 0 Å². The summed E-state index contributed by atoms with van der Waals surface area (Å²) in [4.78, 5) is 15.2. The molecule has 33 heavy (non-hydrogen) atoms. The molecule has 4 rings (SSSR count). The molecule has 174 valence electrons. The Balaban J connectivity index is 1.40. The van der Waals surface area contributed by atoms with E-state index in [0.29, 0.717) is 24.3 Å². The standard InChI is InChI=1S/C25H31N5O2S/c1-18-6-5-7-20(16-18)24-27-28-25(33)30(24)15-12-23(31)26-17-22(29-13-3-4-14-29)19-8-10-21(32-2)11-9-19/h5-11,16,22H,3-4,12-15,17H2,1-2H3,(H,26,31)(H,28,33). The van der Waals surface area contributed by atoms with Crippen molar-refractivity contribution < 1.29 is 9.53 Å². The number of likely N-dealkylation sites (tertiary alicyclic amines) is 1. The van der Waals surface area contributed by atoms with Crippen LogP contribution in [0, 0.1) is 11.7 Å². The fourth-order valence-electron chi connectivity index (χ4n) is 4.38. The molecule has 1 atom stereocenters. The summed E-state index contributed by atoms with van der Waals surface area (Å²) in [6.07, 6.45) is 2.73. The molecule has 1 aliphatic rings. The summed E-state index contributed by atoms with van der Waals surface area (Å²) in [5.74, 6) is 1.60. The van der Waals surface area contributed by atoms with E-state index in [0.717, 1.165) is 35.8 Å². The molecular weight excluding hydrogens is 434 g/mol. The fraction of sp³-hybridized carbons (Fsp3) is 0.400.